The number of carbonyl (C=O) groups excluding carboxylic acids is 1. The Balaban J connectivity index is 1.53. The molecule has 188 valence electrons. The minimum Gasteiger partial charge on any atom is -0.285 e. The van der Waals surface area contributed by atoms with E-state index in [1.807, 2.05) is 110 Å². The van der Waals surface area contributed by atoms with Gasteiger partial charge in [-0.2, -0.15) is 0 Å². The molecule has 1 aromatic heterocycles. The van der Waals surface area contributed by atoms with Gasteiger partial charge < -0.3 is 0 Å². The van der Waals surface area contributed by atoms with E-state index in [9.17, 15) is 4.79 Å². The summed E-state index contributed by atoms with van der Waals surface area (Å²) in [4.78, 5) is 15.5. The van der Waals surface area contributed by atoms with Gasteiger partial charge in [0.15, 0.2) is 5.54 Å². The summed E-state index contributed by atoms with van der Waals surface area (Å²) in [6, 6.07) is 45.9. The van der Waals surface area contributed by atoms with Gasteiger partial charge in [0.1, 0.15) is 0 Å². The molecule has 0 bridgehead atoms. The van der Waals surface area contributed by atoms with Crippen molar-refractivity contribution in [2.24, 2.45) is 0 Å². The van der Waals surface area contributed by atoms with Crippen molar-refractivity contribution < 1.29 is 4.79 Å². The predicted molar refractivity (Wildman–Crippen MR) is 152 cm³/mol. The van der Waals surface area contributed by atoms with Crippen LogP contribution >= 0.6 is 0 Å². The van der Waals surface area contributed by atoms with Crippen LogP contribution in [0, 0.1) is 6.92 Å². The highest BCUT2D eigenvalue weighted by molar-refractivity contribution is 6.10. The van der Waals surface area contributed by atoms with Gasteiger partial charge >= 0.3 is 0 Å². The Hall–Kier alpha value is -5.16. The first-order chi connectivity index (χ1) is 19.2. The van der Waals surface area contributed by atoms with Crippen molar-refractivity contribution in [2.75, 3.05) is 0 Å². The van der Waals surface area contributed by atoms with E-state index in [0.29, 0.717) is 5.56 Å². The van der Waals surface area contributed by atoms with Gasteiger partial charge in [-0.25, -0.2) is 0 Å². The molecule has 0 spiro atoms. The third kappa shape index (κ3) is 4.34. The fourth-order valence-corrected chi connectivity index (χ4v) is 5.12. The Morgan fingerprint density at radius 3 is 1.64 bits per heavy atom. The van der Waals surface area contributed by atoms with E-state index in [1.165, 1.54) is 0 Å². The number of benzene rings is 5. The van der Waals surface area contributed by atoms with Crippen LogP contribution in [0.5, 0.6) is 0 Å². The van der Waals surface area contributed by atoms with Crippen LogP contribution < -0.4 is 0 Å². The predicted octanol–water partition coefficient (Wildman–Crippen LogP) is 6.72. The SMILES string of the molecule is Cc1ccc(-c2ccccc2C(=O)c2nnn(C(c3ccccc3)(c3ccccc3)c3ccccc3)n2)cc1. The highest BCUT2D eigenvalue weighted by Crippen LogP contribution is 2.39. The maximum absolute atomic E-state index is 13.9. The molecule has 5 heteroatoms. The topological polar surface area (TPSA) is 60.7 Å². The van der Waals surface area contributed by atoms with E-state index in [0.717, 1.165) is 33.4 Å². The van der Waals surface area contributed by atoms with E-state index in [-0.39, 0.29) is 11.6 Å². The highest BCUT2D eigenvalue weighted by Gasteiger charge is 2.41. The molecule has 0 saturated carbocycles. The fraction of sp³-hybridized carbons (Fsp3) is 0.0588. The summed E-state index contributed by atoms with van der Waals surface area (Å²) in [5.41, 5.74) is 5.42. The minimum atomic E-state index is -0.939. The molecule has 5 aromatic carbocycles. The molecule has 6 aromatic rings. The second-order valence-electron chi connectivity index (χ2n) is 9.45. The number of hydrogen-bond acceptors (Lipinski definition) is 4. The van der Waals surface area contributed by atoms with Crippen molar-refractivity contribution in [2.45, 2.75) is 12.5 Å². The van der Waals surface area contributed by atoms with Crippen LogP contribution in [-0.2, 0) is 5.54 Å². The Bertz CT molecular complexity index is 1610. The van der Waals surface area contributed by atoms with Crippen LogP contribution in [0.3, 0.4) is 0 Å². The van der Waals surface area contributed by atoms with Crippen LogP contribution in [0.2, 0.25) is 0 Å². The minimum absolute atomic E-state index is 0.0433. The summed E-state index contributed by atoms with van der Waals surface area (Å²) < 4.78 is 0. The number of aryl methyl sites for hydroxylation is 1. The van der Waals surface area contributed by atoms with Crippen molar-refractivity contribution in [3.63, 3.8) is 0 Å². The molecule has 0 atom stereocenters. The maximum atomic E-state index is 13.9. The average molecular weight is 507 g/mol. The van der Waals surface area contributed by atoms with Gasteiger partial charge in [-0.1, -0.05) is 145 Å². The molecule has 5 nitrogen and oxygen atoms in total. The van der Waals surface area contributed by atoms with E-state index in [2.05, 4.69) is 46.7 Å². The Labute approximate surface area is 227 Å². The van der Waals surface area contributed by atoms with Crippen LogP contribution in [-0.4, -0.2) is 26.0 Å². The van der Waals surface area contributed by atoms with E-state index >= 15 is 0 Å². The van der Waals surface area contributed by atoms with Gasteiger partial charge in [-0.3, -0.25) is 4.79 Å². The van der Waals surface area contributed by atoms with Gasteiger partial charge in [0.05, 0.1) is 0 Å². The number of carbonyl (C=O) groups is 1. The van der Waals surface area contributed by atoms with Gasteiger partial charge in [-0.05, 0) is 40.0 Å². The monoisotopic (exact) mass is 506 g/mol. The normalized spacial score (nSPS) is 11.3. The Kier molecular flexibility index (Phi) is 6.39. The molecule has 6 rings (SSSR count). The molecule has 0 saturated heterocycles. The van der Waals surface area contributed by atoms with Crippen molar-refractivity contribution in [1.82, 2.24) is 20.2 Å². The van der Waals surface area contributed by atoms with Crippen molar-refractivity contribution in [3.05, 3.63) is 173 Å². The maximum Gasteiger partial charge on any atom is 0.245 e. The molecular weight excluding hydrogens is 480 g/mol. The smallest absolute Gasteiger partial charge is 0.245 e. The Morgan fingerprint density at radius 1 is 0.615 bits per heavy atom. The molecule has 0 amide bonds. The van der Waals surface area contributed by atoms with Crippen LogP contribution in [0.15, 0.2) is 140 Å². The van der Waals surface area contributed by atoms with Crippen molar-refractivity contribution >= 4 is 5.78 Å². The Morgan fingerprint density at radius 2 is 1.10 bits per heavy atom. The molecule has 0 radical (unpaired) electrons. The zero-order valence-corrected chi connectivity index (χ0v) is 21.5. The number of rotatable bonds is 7. The van der Waals surface area contributed by atoms with E-state index in [4.69, 9.17) is 5.10 Å². The lowest BCUT2D eigenvalue weighted by molar-refractivity contribution is 0.102. The van der Waals surface area contributed by atoms with E-state index < -0.39 is 5.54 Å². The van der Waals surface area contributed by atoms with Gasteiger partial charge in [0, 0.05) is 5.56 Å². The van der Waals surface area contributed by atoms with Gasteiger partial charge in [-0.15, -0.1) is 15.0 Å². The largest absolute Gasteiger partial charge is 0.285 e. The highest BCUT2D eigenvalue weighted by atomic mass is 16.1. The van der Waals surface area contributed by atoms with Crippen molar-refractivity contribution in [3.8, 4) is 11.1 Å². The second kappa shape index (κ2) is 10.3. The number of tetrazole rings is 1. The summed E-state index contributed by atoms with van der Waals surface area (Å²) >= 11 is 0. The number of nitrogens with zero attached hydrogens (tertiary/aromatic N) is 4. The number of ketones is 1. The van der Waals surface area contributed by atoms with Crippen molar-refractivity contribution in [1.29, 1.82) is 0 Å². The molecule has 0 fully saturated rings. The molecule has 0 N–H and O–H groups in total. The van der Waals surface area contributed by atoms with Crippen LogP contribution in [0.1, 0.15) is 38.4 Å². The lowest BCUT2D eigenvalue weighted by atomic mass is 9.77. The molecule has 0 unspecified atom stereocenters. The zero-order valence-electron chi connectivity index (χ0n) is 21.5. The zero-order chi connectivity index (χ0) is 26.7. The molecule has 0 aliphatic rings. The lowest BCUT2D eigenvalue weighted by Gasteiger charge is -2.34. The quantitative estimate of drug-likeness (QED) is 0.178. The molecule has 39 heavy (non-hydrogen) atoms. The third-order valence-electron chi connectivity index (χ3n) is 7.03. The van der Waals surface area contributed by atoms with Gasteiger partial charge in [0.25, 0.3) is 0 Å². The number of hydrogen-bond donors (Lipinski definition) is 0. The third-order valence-corrected chi connectivity index (χ3v) is 7.03. The molecular formula is C34H26N4O. The lowest BCUT2D eigenvalue weighted by Crippen LogP contribution is -2.39. The van der Waals surface area contributed by atoms with Crippen LogP contribution in [0.4, 0.5) is 0 Å². The molecule has 0 aliphatic carbocycles. The fourth-order valence-electron chi connectivity index (χ4n) is 5.12. The first-order valence-electron chi connectivity index (χ1n) is 12.9. The van der Waals surface area contributed by atoms with Crippen LogP contribution in [0.25, 0.3) is 11.1 Å². The molecule has 1 heterocycles. The average Bonchev–Trinajstić information content (AvgIpc) is 3.50. The second-order valence-corrected chi connectivity index (χ2v) is 9.45. The summed E-state index contributed by atoms with van der Waals surface area (Å²) in [6.45, 7) is 2.04. The van der Waals surface area contributed by atoms with E-state index in [1.54, 1.807) is 4.80 Å². The number of aromatic nitrogens is 4. The molecule has 0 aliphatic heterocycles. The first kappa shape index (κ1) is 24.2. The summed E-state index contributed by atoms with van der Waals surface area (Å²) in [5, 5.41) is 13.6. The standard InChI is InChI=1S/C34H26N4O/c1-25-21-23-26(24-22-25)30-19-11-12-20-31(30)32(39)33-35-37-38(36-33)34(27-13-5-2-6-14-27,28-15-7-3-8-16-28)29-17-9-4-10-18-29/h2-24H,1H3. The summed E-state index contributed by atoms with van der Waals surface area (Å²) in [6.07, 6.45) is 0. The van der Waals surface area contributed by atoms with Gasteiger partial charge in [0.2, 0.25) is 11.6 Å². The first-order valence-corrected chi connectivity index (χ1v) is 12.9. The summed E-state index contributed by atoms with van der Waals surface area (Å²) in [7, 11) is 0. The summed E-state index contributed by atoms with van der Waals surface area (Å²) in [5.74, 6) is -0.234.